The van der Waals surface area contributed by atoms with Crippen molar-refractivity contribution < 1.29 is 18.8 Å². The lowest BCUT2D eigenvalue weighted by molar-refractivity contribution is -0.117. The summed E-state index contributed by atoms with van der Waals surface area (Å²) in [5, 5.41) is 0. The molecule has 0 heterocycles. The summed E-state index contributed by atoms with van der Waals surface area (Å²) in [7, 11) is -2.49. The third kappa shape index (κ3) is 6.94. The number of hydrogen-bond donors (Lipinski definition) is 1. The van der Waals surface area contributed by atoms with Gasteiger partial charge in [0.1, 0.15) is 11.9 Å². The summed E-state index contributed by atoms with van der Waals surface area (Å²) >= 11 is 0. The molecule has 0 rings (SSSR count). The van der Waals surface area contributed by atoms with Crippen LogP contribution in [0.4, 0.5) is 0 Å². The van der Waals surface area contributed by atoms with Gasteiger partial charge in [0.25, 0.3) is 0 Å². The lowest BCUT2D eigenvalue weighted by Crippen LogP contribution is -2.05. The zero-order chi connectivity index (χ0) is 10.3. The van der Waals surface area contributed by atoms with Crippen LogP contribution in [0.3, 0.4) is 0 Å². The molecule has 0 aliphatic rings. The number of rotatable bonds is 7. The highest BCUT2D eigenvalue weighted by Gasteiger charge is 2.21. The van der Waals surface area contributed by atoms with Gasteiger partial charge in [0.2, 0.25) is 0 Å². The fourth-order valence-corrected chi connectivity index (χ4v) is 1.67. The number of unbranched alkanes of at least 4 members (excludes halogenated alkanes) is 2. The van der Waals surface area contributed by atoms with Crippen molar-refractivity contribution in [1.29, 1.82) is 0 Å². The minimum absolute atomic E-state index is 0.193. The molecule has 5 heteroatoms. The van der Waals surface area contributed by atoms with E-state index in [-0.39, 0.29) is 11.9 Å². The Morgan fingerprint density at radius 3 is 2.54 bits per heavy atom. The molecule has 0 bridgehead atoms. The van der Waals surface area contributed by atoms with Gasteiger partial charge in [-0.05, 0) is 6.42 Å². The third-order valence-electron chi connectivity index (χ3n) is 1.72. The Hall–Kier alpha value is -0.180. The van der Waals surface area contributed by atoms with E-state index in [0.717, 1.165) is 26.4 Å². The fourth-order valence-electron chi connectivity index (χ4n) is 0.939. The molecular formula is C8H17O4P. The Morgan fingerprint density at radius 2 is 2.08 bits per heavy atom. The zero-order valence-electron chi connectivity index (χ0n) is 8.15. The van der Waals surface area contributed by atoms with Crippen LogP contribution in [0.5, 0.6) is 0 Å². The van der Waals surface area contributed by atoms with Crippen molar-refractivity contribution >= 4 is 13.4 Å². The second-order valence-corrected chi connectivity index (χ2v) is 4.93. The van der Waals surface area contributed by atoms with Crippen molar-refractivity contribution in [2.75, 3.05) is 13.3 Å². The average Bonchev–Trinajstić information content (AvgIpc) is 2.04. The van der Waals surface area contributed by atoms with Crippen molar-refractivity contribution in [2.45, 2.75) is 32.6 Å². The minimum atomic E-state index is -3.63. The lowest BCUT2D eigenvalue weighted by Gasteiger charge is -2.06. The number of Topliss-reactive ketones (excluding diaryl/α,β-unsaturated/α-hetero) is 1. The van der Waals surface area contributed by atoms with Crippen molar-refractivity contribution in [2.24, 2.45) is 0 Å². The van der Waals surface area contributed by atoms with E-state index >= 15 is 0 Å². The van der Waals surface area contributed by atoms with Gasteiger partial charge in [0, 0.05) is 13.5 Å². The molecule has 13 heavy (non-hydrogen) atoms. The van der Waals surface area contributed by atoms with Crippen LogP contribution in [0.1, 0.15) is 32.6 Å². The van der Waals surface area contributed by atoms with Gasteiger partial charge in [0.05, 0.1) is 0 Å². The van der Waals surface area contributed by atoms with Gasteiger partial charge in [0.15, 0.2) is 0 Å². The molecule has 0 saturated carbocycles. The molecule has 0 aromatic heterocycles. The van der Waals surface area contributed by atoms with E-state index in [9.17, 15) is 9.36 Å². The molecule has 0 aromatic rings. The molecule has 1 unspecified atom stereocenters. The predicted octanol–water partition coefficient (Wildman–Crippen LogP) is 1.97. The van der Waals surface area contributed by atoms with E-state index in [0.29, 0.717) is 6.42 Å². The minimum Gasteiger partial charge on any atom is -0.324 e. The van der Waals surface area contributed by atoms with E-state index in [1.54, 1.807) is 0 Å². The summed E-state index contributed by atoms with van der Waals surface area (Å²) in [4.78, 5) is 20.0. The summed E-state index contributed by atoms with van der Waals surface area (Å²) in [6.45, 7) is 2.04. The molecular weight excluding hydrogens is 191 g/mol. The Balaban J connectivity index is 3.68. The molecule has 4 nitrogen and oxygen atoms in total. The maximum atomic E-state index is 11.1. The number of carbonyl (C=O) groups is 1. The van der Waals surface area contributed by atoms with Crippen LogP contribution in [0.25, 0.3) is 0 Å². The highest BCUT2D eigenvalue weighted by Crippen LogP contribution is 2.40. The maximum Gasteiger partial charge on any atom is 0.335 e. The van der Waals surface area contributed by atoms with Gasteiger partial charge >= 0.3 is 7.60 Å². The van der Waals surface area contributed by atoms with Crippen molar-refractivity contribution in [3.63, 3.8) is 0 Å². The van der Waals surface area contributed by atoms with Crippen LogP contribution >= 0.6 is 7.60 Å². The van der Waals surface area contributed by atoms with E-state index in [2.05, 4.69) is 4.52 Å². The summed E-state index contributed by atoms with van der Waals surface area (Å²) in [5.74, 6) is -0.193. The Kier molecular flexibility index (Phi) is 6.21. The molecule has 0 amide bonds. The monoisotopic (exact) mass is 208 g/mol. The van der Waals surface area contributed by atoms with Crippen LogP contribution in [0, 0.1) is 0 Å². The first-order chi connectivity index (χ1) is 6.02. The van der Waals surface area contributed by atoms with E-state index in [1.807, 2.05) is 6.92 Å². The van der Waals surface area contributed by atoms with Gasteiger partial charge in [-0.15, -0.1) is 0 Å². The molecule has 0 aromatic carbocycles. The molecule has 0 aliphatic carbocycles. The Labute approximate surface area is 78.8 Å². The number of hydrogen-bond acceptors (Lipinski definition) is 3. The highest BCUT2D eigenvalue weighted by atomic mass is 31.2. The third-order valence-corrected chi connectivity index (χ3v) is 3.04. The van der Waals surface area contributed by atoms with E-state index < -0.39 is 7.60 Å². The maximum absolute atomic E-state index is 11.1. The van der Waals surface area contributed by atoms with Crippen molar-refractivity contribution in [3.8, 4) is 0 Å². The van der Waals surface area contributed by atoms with Gasteiger partial charge in [-0.2, -0.15) is 0 Å². The zero-order valence-corrected chi connectivity index (χ0v) is 9.05. The molecule has 0 saturated heterocycles. The quantitative estimate of drug-likeness (QED) is 0.513. The lowest BCUT2D eigenvalue weighted by atomic mass is 10.2. The average molecular weight is 208 g/mol. The smallest absolute Gasteiger partial charge is 0.324 e. The van der Waals surface area contributed by atoms with Crippen LogP contribution in [0.15, 0.2) is 0 Å². The SMILES string of the molecule is CCCCCC(=O)CP(=O)(O)OC. The summed E-state index contributed by atoms with van der Waals surface area (Å²) in [6, 6.07) is 0. The first-order valence-electron chi connectivity index (χ1n) is 4.41. The van der Waals surface area contributed by atoms with Gasteiger partial charge in [-0.3, -0.25) is 9.36 Å². The van der Waals surface area contributed by atoms with Crippen LogP contribution < -0.4 is 0 Å². The molecule has 78 valence electrons. The number of ketones is 1. The summed E-state index contributed by atoms with van der Waals surface area (Å²) in [5.41, 5.74) is 0. The first kappa shape index (κ1) is 12.8. The molecule has 0 aliphatic heterocycles. The topological polar surface area (TPSA) is 63.6 Å². The van der Waals surface area contributed by atoms with Crippen molar-refractivity contribution in [3.05, 3.63) is 0 Å². The van der Waals surface area contributed by atoms with Crippen LogP contribution in [-0.2, 0) is 13.9 Å². The first-order valence-corrected chi connectivity index (χ1v) is 6.17. The second-order valence-electron chi connectivity index (χ2n) is 2.97. The Morgan fingerprint density at radius 1 is 1.46 bits per heavy atom. The number of carbonyl (C=O) groups excluding carboxylic acids is 1. The molecule has 1 N–H and O–H groups in total. The largest absolute Gasteiger partial charge is 0.335 e. The summed E-state index contributed by atoms with van der Waals surface area (Å²) in [6.07, 6.45) is 2.83. The second kappa shape index (κ2) is 6.30. The molecule has 0 fully saturated rings. The fraction of sp³-hybridized carbons (Fsp3) is 0.875. The standard InChI is InChI=1S/C8H17O4P/c1-3-4-5-6-8(9)7-13(10,11)12-2/h3-7H2,1-2H3,(H,10,11). The normalized spacial score (nSPS) is 15.3. The van der Waals surface area contributed by atoms with Gasteiger partial charge < -0.3 is 9.42 Å². The van der Waals surface area contributed by atoms with E-state index in [4.69, 9.17) is 4.89 Å². The van der Waals surface area contributed by atoms with Crippen LogP contribution in [-0.4, -0.2) is 23.9 Å². The highest BCUT2D eigenvalue weighted by molar-refractivity contribution is 7.53. The molecule has 0 spiro atoms. The van der Waals surface area contributed by atoms with Gasteiger partial charge in [-0.25, -0.2) is 0 Å². The van der Waals surface area contributed by atoms with Crippen LogP contribution in [0.2, 0.25) is 0 Å². The van der Waals surface area contributed by atoms with Gasteiger partial charge in [-0.1, -0.05) is 19.8 Å². The molecule has 0 radical (unpaired) electrons. The van der Waals surface area contributed by atoms with E-state index in [1.165, 1.54) is 0 Å². The van der Waals surface area contributed by atoms with Crippen molar-refractivity contribution in [1.82, 2.24) is 0 Å². The predicted molar refractivity (Wildman–Crippen MR) is 50.9 cm³/mol. The molecule has 1 atom stereocenters. The Bertz CT molecular complexity index is 202. The summed E-state index contributed by atoms with van der Waals surface area (Å²) < 4.78 is 15.2.